The van der Waals surface area contributed by atoms with Gasteiger partial charge in [0.2, 0.25) is 5.91 Å². The summed E-state index contributed by atoms with van der Waals surface area (Å²) in [7, 11) is 3.08. The number of carbonyl (C=O) groups is 2. The summed E-state index contributed by atoms with van der Waals surface area (Å²) in [6.07, 6.45) is 0. The molecule has 8 nitrogen and oxygen atoms in total. The number of methoxy groups -OCH3 is 2. The van der Waals surface area contributed by atoms with Gasteiger partial charge in [-0.15, -0.1) is 0 Å². The normalized spacial score (nSPS) is 17.6. The predicted molar refractivity (Wildman–Crippen MR) is 120 cm³/mol. The summed E-state index contributed by atoms with van der Waals surface area (Å²) in [6, 6.07) is 16.5. The number of hydrogen-bond acceptors (Lipinski definition) is 5. The van der Waals surface area contributed by atoms with Crippen LogP contribution >= 0.6 is 0 Å². The van der Waals surface area contributed by atoms with Gasteiger partial charge in [0.1, 0.15) is 22.7 Å². The van der Waals surface area contributed by atoms with Gasteiger partial charge in [0.25, 0.3) is 5.91 Å². The molecule has 0 spiro atoms. The molecule has 8 heteroatoms. The third kappa shape index (κ3) is 3.79. The van der Waals surface area contributed by atoms with E-state index in [0.717, 1.165) is 5.56 Å². The number of carbonyl (C=O) groups excluding carboxylic acids is 2. The Morgan fingerprint density at radius 3 is 2.38 bits per heavy atom. The van der Waals surface area contributed by atoms with E-state index >= 15 is 0 Å². The van der Waals surface area contributed by atoms with Crippen LogP contribution in [0.1, 0.15) is 28.7 Å². The van der Waals surface area contributed by atoms with Crippen LogP contribution in [0.5, 0.6) is 11.5 Å². The summed E-state index contributed by atoms with van der Waals surface area (Å²) in [5.74, 6) is 0.448. The van der Waals surface area contributed by atoms with E-state index in [0.29, 0.717) is 35.1 Å². The number of ether oxygens (including phenoxy) is 2. The van der Waals surface area contributed by atoms with Crippen LogP contribution < -0.4 is 19.7 Å². The highest BCUT2D eigenvalue weighted by Crippen LogP contribution is 2.37. The smallest absolute Gasteiger partial charge is 0.277 e. The van der Waals surface area contributed by atoms with Crippen LogP contribution in [-0.2, 0) is 17.9 Å². The zero-order valence-electron chi connectivity index (χ0n) is 18.6. The molecule has 1 aromatic heterocycles. The third-order valence-corrected chi connectivity index (χ3v) is 5.65. The van der Waals surface area contributed by atoms with Crippen molar-refractivity contribution in [1.82, 2.24) is 15.1 Å². The van der Waals surface area contributed by atoms with Crippen molar-refractivity contribution in [2.45, 2.75) is 32.5 Å². The van der Waals surface area contributed by atoms with E-state index in [4.69, 9.17) is 9.47 Å². The van der Waals surface area contributed by atoms with Gasteiger partial charge in [0, 0.05) is 24.7 Å². The Morgan fingerprint density at radius 2 is 1.75 bits per heavy atom. The van der Waals surface area contributed by atoms with Crippen molar-refractivity contribution >= 4 is 17.5 Å². The molecule has 4 rings (SSSR count). The molecule has 0 saturated heterocycles. The average Bonchev–Trinajstić information content (AvgIpc) is 3.17. The highest BCUT2D eigenvalue weighted by atomic mass is 16.5. The number of rotatable bonds is 6. The first-order valence-electron chi connectivity index (χ1n) is 10.3. The second kappa shape index (κ2) is 8.37. The second-order valence-corrected chi connectivity index (χ2v) is 7.98. The number of anilines is 1. The highest BCUT2D eigenvalue weighted by Gasteiger charge is 2.49. The minimum atomic E-state index is -1.23. The van der Waals surface area contributed by atoms with Gasteiger partial charge < -0.3 is 14.8 Å². The molecule has 166 valence electrons. The van der Waals surface area contributed by atoms with E-state index in [1.165, 1.54) is 4.90 Å². The zero-order valence-corrected chi connectivity index (χ0v) is 18.6. The minimum absolute atomic E-state index is 0.210. The maximum atomic E-state index is 13.6. The number of aromatic nitrogens is 2. The van der Waals surface area contributed by atoms with Crippen LogP contribution in [0.2, 0.25) is 0 Å². The molecule has 0 unspecified atom stereocenters. The molecule has 3 aromatic rings. The molecule has 1 atom stereocenters. The van der Waals surface area contributed by atoms with Crippen LogP contribution in [-0.4, -0.2) is 41.4 Å². The van der Waals surface area contributed by atoms with E-state index in [1.54, 1.807) is 50.1 Å². The summed E-state index contributed by atoms with van der Waals surface area (Å²) in [4.78, 5) is 28.7. The lowest BCUT2D eigenvalue weighted by Crippen LogP contribution is -2.64. The van der Waals surface area contributed by atoms with Gasteiger partial charge in [-0.2, -0.15) is 5.10 Å². The van der Waals surface area contributed by atoms with Gasteiger partial charge in [-0.3, -0.25) is 19.2 Å². The standard InChI is InChI=1S/C24H26N4O4/c1-16-10-21-22(29)28(18-11-19(31-3)13-20(12-18)32-4)24(2,15-27(21)26-16)23(30)25-14-17-8-6-5-7-9-17/h5-13H,14-15H2,1-4H3,(H,25,30)/t24-/m0/s1. The lowest BCUT2D eigenvalue weighted by atomic mass is 9.93. The number of nitrogens with one attached hydrogen (secondary N) is 1. The Bertz CT molecular complexity index is 1140. The van der Waals surface area contributed by atoms with Crippen LogP contribution in [0.25, 0.3) is 0 Å². The molecule has 32 heavy (non-hydrogen) atoms. The molecule has 0 bridgehead atoms. The Hall–Kier alpha value is -3.81. The zero-order chi connectivity index (χ0) is 22.9. The number of amides is 2. The number of benzene rings is 2. The quantitative estimate of drug-likeness (QED) is 0.645. The van der Waals surface area contributed by atoms with Crippen LogP contribution in [0.3, 0.4) is 0 Å². The SMILES string of the molecule is COc1cc(OC)cc(N2C(=O)c3cc(C)nn3C[C@@]2(C)C(=O)NCc2ccccc2)c1. The summed E-state index contributed by atoms with van der Waals surface area (Å²) in [5.41, 5.74) is 1.39. The number of aryl methyl sites for hydroxylation is 1. The topological polar surface area (TPSA) is 85.7 Å². The monoisotopic (exact) mass is 434 g/mol. The van der Waals surface area contributed by atoms with Gasteiger partial charge in [-0.1, -0.05) is 30.3 Å². The average molecular weight is 434 g/mol. The summed E-state index contributed by atoms with van der Waals surface area (Å²) < 4.78 is 12.4. The molecule has 2 aromatic carbocycles. The Balaban J connectivity index is 1.77. The van der Waals surface area contributed by atoms with Crippen molar-refractivity contribution in [2.24, 2.45) is 0 Å². The van der Waals surface area contributed by atoms with Gasteiger partial charge in [0.05, 0.1) is 32.1 Å². The van der Waals surface area contributed by atoms with Crippen molar-refractivity contribution in [3.63, 3.8) is 0 Å². The Kier molecular flexibility index (Phi) is 5.61. The van der Waals surface area contributed by atoms with E-state index in [2.05, 4.69) is 10.4 Å². The van der Waals surface area contributed by atoms with E-state index in [9.17, 15) is 9.59 Å². The molecule has 0 saturated carbocycles. The first-order valence-corrected chi connectivity index (χ1v) is 10.3. The second-order valence-electron chi connectivity index (χ2n) is 7.98. The predicted octanol–water partition coefficient (Wildman–Crippen LogP) is 2.94. The van der Waals surface area contributed by atoms with Crippen molar-refractivity contribution in [3.8, 4) is 11.5 Å². The van der Waals surface area contributed by atoms with Crippen molar-refractivity contribution < 1.29 is 19.1 Å². The van der Waals surface area contributed by atoms with Crippen LogP contribution in [0.4, 0.5) is 5.69 Å². The molecule has 1 aliphatic heterocycles. The summed E-state index contributed by atoms with van der Waals surface area (Å²) in [5, 5.41) is 7.42. The third-order valence-electron chi connectivity index (χ3n) is 5.65. The summed E-state index contributed by atoms with van der Waals surface area (Å²) >= 11 is 0. The Labute approximate surface area is 186 Å². The lowest BCUT2D eigenvalue weighted by Gasteiger charge is -2.43. The number of fused-ring (bicyclic) bond motifs is 1. The van der Waals surface area contributed by atoms with Gasteiger partial charge >= 0.3 is 0 Å². The van der Waals surface area contributed by atoms with E-state index in [1.807, 2.05) is 37.3 Å². The first kappa shape index (κ1) is 21.4. The number of hydrogen-bond donors (Lipinski definition) is 1. The molecule has 2 amide bonds. The molecule has 0 aliphatic carbocycles. The molecule has 0 fully saturated rings. The molecule has 1 N–H and O–H groups in total. The van der Waals surface area contributed by atoms with Crippen molar-refractivity contribution in [2.75, 3.05) is 19.1 Å². The Morgan fingerprint density at radius 1 is 1.09 bits per heavy atom. The van der Waals surface area contributed by atoms with Crippen molar-refractivity contribution in [3.05, 3.63) is 71.5 Å². The van der Waals surface area contributed by atoms with Gasteiger partial charge in [0.15, 0.2) is 0 Å². The summed E-state index contributed by atoms with van der Waals surface area (Å²) in [6.45, 7) is 4.13. The van der Waals surface area contributed by atoms with E-state index < -0.39 is 5.54 Å². The maximum Gasteiger partial charge on any atom is 0.277 e. The number of nitrogens with zero attached hydrogens (tertiary/aromatic N) is 3. The fourth-order valence-electron chi connectivity index (χ4n) is 4.00. The highest BCUT2D eigenvalue weighted by molar-refractivity contribution is 6.12. The largest absolute Gasteiger partial charge is 0.497 e. The molecular weight excluding hydrogens is 408 g/mol. The molecule has 1 aliphatic rings. The first-order chi connectivity index (χ1) is 15.4. The van der Waals surface area contributed by atoms with Crippen LogP contribution in [0.15, 0.2) is 54.6 Å². The molecular formula is C24H26N4O4. The van der Waals surface area contributed by atoms with Crippen molar-refractivity contribution in [1.29, 1.82) is 0 Å². The maximum absolute atomic E-state index is 13.6. The van der Waals surface area contributed by atoms with E-state index in [-0.39, 0.29) is 18.4 Å². The fraction of sp³-hybridized carbons (Fsp3) is 0.292. The molecule has 2 heterocycles. The molecule has 0 radical (unpaired) electrons. The fourth-order valence-corrected chi connectivity index (χ4v) is 4.00. The lowest BCUT2D eigenvalue weighted by molar-refractivity contribution is -0.126. The van der Waals surface area contributed by atoms with Gasteiger partial charge in [-0.25, -0.2) is 0 Å². The minimum Gasteiger partial charge on any atom is -0.497 e. The van der Waals surface area contributed by atoms with Crippen LogP contribution in [0, 0.1) is 6.92 Å². The van der Waals surface area contributed by atoms with Gasteiger partial charge in [-0.05, 0) is 25.5 Å².